The van der Waals surface area contributed by atoms with Gasteiger partial charge in [-0.2, -0.15) is 0 Å². The Morgan fingerprint density at radius 3 is 2.94 bits per heavy atom. The minimum atomic E-state index is 0.551. The van der Waals surface area contributed by atoms with Crippen LogP contribution in [0.25, 0.3) is 0 Å². The van der Waals surface area contributed by atoms with Crippen molar-refractivity contribution < 1.29 is 0 Å². The molecular formula is C10H8N6. The second-order valence-corrected chi connectivity index (χ2v) is 3.22. The Balaban J connectivity index is 2.00. The third-order valence-corrected chi connectivity index (χ3v) is 2.20. The van der Waals surface area contributed by atoms with E-state index in [0.29, 0.717) is 23.3 Å². The molecule has 0 radical (unpaired) electrons. The number of aliphatic imine (C=N–C) groups is 3. The Morgan fingerprint density at radius 2 is 2.12 bits per heavy atom. The van der Waals surface area contributed by atoms with Crippen molar-refractivity contribution in [2.75, 3.05) is 12.4 Å². The van der Waals surface area contributed by atoms with Gasteiger partial charge in [0.2, 0.25) is 5.95 Å². The highest BCUT2D eigenvalue weighted by Gasteiger charge is 2.20. The number of hydrogen-bond donors (Lipinski definition) is 1. The van der Waals surface area contributed by atoms with Gasteiger partial charge in [-0.3, -0.25) is 0 Å². The monoisotopic (exact) mass is 212 g/mol. The average molecular weight is 212 g/mol. The van der Waals surface area contributed by atoms with Gasteiger partial charge in [0.25, 0.3) is 0 Å². The molecule has 0 amide bonds. The van der Waals surface area contributed by atoms with E-state index in [4.69, 9.17) is 0 Å². The fourth-order valence-electron chi connectivity index (χ4n) is 1.45. The van der Waals surface area contributed by atoms with Gasteiger partial charge in [0.1, 0.15) is 11.4 Å². The molecule has 78 valence electrons. The molecule has 1 N–H and O–H groups in total. The minimum absolute atomic E-state index is 0.551. The second-order valence-electron chi connectivity index (χ2n) is 3.22. The maximum Gasteiger partial charge on any atom is 0.223 e. The molecule has 0 fully saturated rings. The van der Waals surface area contributed by atoms with Gasteiger partial charge in [-0.15, -0.1) is 0 Å². The van der Waals surface area contributed by atoms with Crippen molar-refractivity contribution >= 4 is 23.3 Å². The number of fused-ring (bicyclic) bond motifs is 1. The van der Waals surface area contributed by atoms with Crippen LogP contribution in [-0.2, 0) is 0 Å². The van der Waals surface area contributed by atoms with E-state index in [2.05, 4.69) is 30.3 Å². The van der Waals surface area contributed by atoms with Crippen LogP contribution in [0.4, 0.5) is 5.95 Å². The number of anilines is 1. The highest BCUT2D eigenvalue weighted by molar-refractivity contribution is 6.53. The standard InChI is InChI=1S/C10H8N6/c1-11-10-13-5-3-7(15-10)9-14-6-2-4-12-8(6)16-9/h2-5H,1H3,(H,11,13,15). The molecule has 1 aromatic rings. The molecule has 16 heavy (non-hydrogen) atoms. The molecule has 0 atom stereocenters. The smallest absolute Gasteiger partial charge is 0.223 e. The van der Waals surface area contributed by atoms with Crippen molar-refractivity contribution in [2.24, 2.45) is 15.0 Å². The summed E-state index contributed by atoms with van der Waals surface area (Å²) in [6.07, 6.45) is 5.18. The summed E-state index contributed by atoms with van der Waals surface area (Å²) in [6.45, 7) is 0. The van der Waals surface area contributed by atoms with Gasteiger partial charge in [-0.05, 0) is 12.1 Å². The molecule has 0 bridgehead atoms. The Hall–Kier alpha value is -2.37. The molecule has 2 aliphatic rings. The maximum atomic E-state index is 4.33. The minimum Gasteiger partial charge on any atom is -0.357 e. The van der Waals surface area contributed by atoms with Crippen LogP contribution in [0.5, 0.6) is 0 Å². The van der Waals surface area contributed by atoms with E-state index in [1.807, 2.05) is 6.08 Å². The van der Waals surface area contributed by atoms with E-state index in [-0.39, 0.29) is 0 Å². The van der Waals surface area contributed by atoms with Gasteiger partial charge in [0.15, 0.2) is 11.7 Å². The largest absolute Gasteiger partial charge is 0.357 e. The lowest BCUT2D eigenvalue weighted by atomic mass is 10.4. The van der Waals surface area contributed by atoms with E-state index in [9.17, 15) is 0 Å². The van der Waals surface area contributed by atoms with Crippen LogP contribution in [0.15, 0.2) is 39.5 Å². The predicted octanol–water partition coefficient (Wildman–Crippen LogP) is 0.645. The molecule has 0 unspecified atom stereocenters. The Bertz CT molecular complexity index is 566. The normalized spacial score (nSPS) is 16.7. The number of amidine groups is 2. The average Bonchev–Trinajstić information content (AvgIpc) is 2.89. The fourth-order valence-corrected chi connectivity index (χ4v) is 1.45. The Labute approximate surface area is 91.6 Å². The van der Waals surface area contributed by atoms with Crippen LogP contribution in [0.2, 0.25) is 0 Å². The third-order valence-electron chi connectivity index (χ3n) is 2.20. The van der Waals surface area contributed by atoms with E-state index in [1.54, 1.807) is 25.5 Å². The molecule has 0 aliphatic carbocycles. The van der Waals surface area contributed by atoms with Crippen LogP contribution >= 0.6 is 0 Å². The number of hydrogen-bond acceptors (Lipinski definition) is 6. The summed E-state index contributed by atoms with van der Waals surface area (Å²) >= 11 is 0. The predicted molar refractivity (Wildman–Crippen MR) is 62.1 cm³/mol. The lowest BCUT2D eigenvalue weighted by Gasteiger charge is -1.99. The van der Waals surface area contributed by atoms with E-state index in [1.165, 1.54) is 0 Å². The molecule has 6 heteroatoms. The summed E-state index contributed by atoms with van der Waals surface area (Å²) in [4.78, 5) is 21.0. The quantitative estimate of drug-likeness (QED) is 0.781. The van der Waals surface area contributed by atoms with Crippen LogP contribution in [0, 0.1) is 0 Å². The summed E-state index contributed by atoms with van der Waals surface area (Å²) in [6, 6.07) is 1.77. The molecule has 6 nitrogen and oxygen atoms in total. The van der Waals surface area contributed by atoms with Gasteiger partial charge in [0, 0.05) is 19.4 Å². The summed E-state index contributed by atoms with van der Waals surface area (Å²) in [5, 5.41) is 2.87. The van der Waals surface area contributed by atoms with Crippen LogP contribution in [-0.4, -0.2) is 34.4 Å². The number of rotatable bonds is 2. The van der Waals surface area contributed by atoms with Crippen molar-refractivity contribution in [1.82, 2.24) is 9.97 Å². The van der Waals surface area contributed by atoms with Gasteiger partial charge >= 0.3 is 0 Å². The third kappa shape index (κ3) is 1.31. The van der Waals surface area contributed by atoms with Crippen LogP contribution in [0.3, 0.4) is 0 Å². The molecule has 0 aromatic carbocycles. The molecule has 3 heterocycles. The van der Waals surface area contributed by atoms with Gasteiger partial charge in [-0.1, -0.05) is 0 Å². The first-order valence-electron chi connectivity index (χ1n) is 4.80. The first kappa shape index (κ1) is 8.90. The maximum absolute atomic E-state index is 4.33. The fraction of sp³-hybridized carbons (Fsp3) is 0.100. The van der Waals surface area contributed by atoms with Gasteiger partial charge in [0.05, 0.1) is 0 Å². The molecule has 3 rings (SSSR count). The zero-order chi connectivity index (χ0) is 11.0. The van der Waals surface area contributed by atoms with Gasteiger partial charge < -0.3 is 5.32 Å². The summed E-state index contributed by atoms with van der Waals surface area (Å²) in [5.74, 6) is 1.78. The zero-order valence-electron chi connectivity index (χ0n) is 8.55. The first-order valence-corrected chi connectivity index (χ1v) is 4.80. The van der Waals surface area contributed by atoms with Crippen molar-refractivity contribution in [3.05, 3.63) is 30.2 Å². The van der Waals surface area contributed by atoms with E-state index < -0.39 is 0 Å². The summed E-state index contributed by atoms with van der Waals surface area (Å²) in [7, 11) is 1.77. The van der Waals surface area contributed by atoms with Crippen LogP contribution in [0.1, 0.15) is 5.69 Å². The SMILES string of the molecule is CNc1nccc(C2=NC3=NC=CC3=N2)n1. The molecule has 2 aliphatic heterocycles. The van der Waals surface area contributed by atoms with Crippen molar-refractivity contribution in [2.45, 2.75) is 0 Å². The molecule has 0 saturated heterocycles. The molecule has 1 aromatic heterocycles. The summed E-state index contributed by atoms with van der Waals surface area (Å²) < 4.78 is 0. The van der Waals surface area contributed by atoms with Crippen LogP contribution < -0.4 is 5.32 Å². The first-order chi connectivity index (χ1) is 7.86. The number of nitrogens with one attached hydrogen (secondary N) is 1. The molecule has 0 saturated carbocycles. The lowest BCUT2D eigenvalue weighted by Crippen LogP contribution is -2.03. The topological polar surface area (TPSA) is 74.9 Å². The lowest BCUT2D eigenvalue weighted by molar-refractivity contribution is 1.13. The van der Waals surface area contributed by atoms with Gasteiger partial charge in [-0.25, -0.2) is 24.9 Å². The van der Waals surface area contributed by atoms with Crippen molar-refractivity contribution in [1.29, 1.82) is 0 Å². The highest BCUT2D eigenvalue weighted by Crippen LogP contribution is 2.12. The Kier molecular flexibility index (Phi) is 1.86. The van der Waals surface area contributed by atoms with E-state index in [0.717, 1.165) is 5.71 Å². The summed E-state index contributed by atoms with van der Waals surface area (Å²) in [5.41, 5.74) is 1.48. The van der Waals surface area contributed by atoms with E-state index >= 15 is 0 Å². The zero-order valence-corrected chi connectivity index (χ0v) is 8.55. The van der Waals surface area contributed by atoms with Crippen molar-refractivity contribution in [3.8, 4) is 0 Å². The highest BCUT2D eigenvalue weighted by atomic mass is 15.1. The van der Waals surface area contributed by atoms with Crippen molar-refractivity contribution in [3.63, 3.8) is 0 Å². The molecular weight excluding hydrogens is 204 g/mol. The Morgan fingerprint density at radius 1 is 1.19 bits per heavy atom. The number of aromatic nitrogens is 2. The second kappa shape index (κ2) is 3.34. The molecule has 0 spiro atoms. The number of nitrogens with zero attached hydrogens (tertiary/aromatic N) is 5.